The van der Waals surface area contributed by atoms with Crippen molar-refractivity contribution in [2.45, 2.75) is 122 Å². The average molecular weight is 361 g/mol. The van der Waals surface area contributed by atoms with Crippen LogP contribution in [0.3, 0.4) is 0 Å². The molecule has 0 aliphatic carbocycles. The Morgan fingerprint density at radius 3 is 1.38 bits per heavy atom. The number of hydrogen-bond acceptors (Lipinski definition) is 2. The van der Waals surface area contributed by atoms with Crippen molar-refractivity contribution in [3.8, 4) is 0 Å². The van der Waals surface area contributed by atoms with Crippen LogP contribution in [0.25, 0.3) is 0 Å². The molecule has 3 heteroatoms. The summed E-state index contributed by atoms with van der Waals surface area (Å²) in [5.41, 5.74) is 0. The Labute approximate surface area is 156 Å². The van der Waals surface area contributed by atoms with E-state index in [4.69, 9.17) is 16.3 Å². The van der Waals surface area contributed by atoms with Gasteiger partial charge in [-0.15, -0.1) is 11.6 Å². The van der Waals surface area contributed by atoms with Gasteiger partial charge in [-0.25, -0.2) is 0 Å². The summed E-state index contributed by atoms with van der Waals surface area (Å²) in [5.74, 6) is -0.294. The molecule has 0 aromatic carbocycles. The van der Waals surface area contributed by atoms with Crippen LogP contribution in [0.5, 0.6) is 0 Å². The lowest BCUT2D eigenvalue weighted by atomic mass is 10.0. The lowest BCUT2D eigenvalue weighted by molar-refractivity contribution is -0.142. The molecular weight excluding hydrogens is 320 g/mol. The molecule has 0 saturated carbocycles. The summed E-state index contributed by atoms with van der Waals surface area (Å²) in [7, 11) is 0. The highest BCUT2D eigenvalue weighted by molar-refractivity contribution is 6.29. The van der Waals surface area contributed by atoms with Crippen LogP contribution in [0.1, 0.15) is 117 Å². The molecule has 0 aliphatic rings. The zero-order chi connectivity index (χ0) is 17.9. The van der Waals surface area contributed by atoms with E-state index in [1.165, 1.54) is 89.9 Å². The molecule has 1 atom stereocenters. The lowest BCUT2D eigenvalue weighted by Gasteiger charge is -2.06. The van der Waals surface area contributed by atoms with Crippen LogP contribution in [-0.4, -0.2) is 18.0 Å². The van der Waals surface area contributed by atoms with Crippen LogP contribution in [0.15, 0.2) is 0 Å². The fraction of sp³-hybridized carbons (Fsp3) is 0.952. The second-order valence-electron chi connectivity index (χ2n) is 7.09. The van der Waals surface area contributed by atoms with Gasteiger partial charge in [-0.05, 0) is 13.3 Å². The number of carbonyl (C=O) groups is 1. The standard InChI is InChI=1S/C21H41ClO2/c1-3-4-5-6-7-8-9-10-11-12-13-14-15-16-17-18-19-24-21(23)20(2)22/h20H,3-19H2,1-2H3. The number of ether oxygens (including phenoxy) is 1. The number of hydrogen-bond donors (Lipinski definition) is 0. The predicted octanol–water partition coefficient (Wildman–Crippen LogP) is 7.42. The number of esters is 1. The molecule has 0 N–H and O–H groups in total. The minimum absolute atomic E-state index is 0.294. The Bertz CT molecular complexity index is 267. The molecule has 0 aromatic rings. The molecule has 1 unspecified atom stereocenters. The fourth-order valence-electron chi connectivity index (χ4n) is 2.94. The lowest BCUT2D eigenvalue weighted by Crippen LogP contribution is -2.14. The summed E-state index contributed by atoms with van der Waals surface area (Å²) >= 11 is 5.63. The third-order valence-corrected chi connectivity index (χ3v) is 4.75. The van der Waals surface area contributed by atoms with Crippen molar-refractivity contribution in [1.82, 2.24) is 0 Å². The van der Waals surface area contributed by atoms with Crippen LogP contribution in [0.4, 0.5) is 0 Å². The molecule has 0 radical (unpaired) electrons. The number of halogens is 1. The summed E-state index contributed by atoms with van der Waals surface area (Å²) in [6.07, 6.45) is 21.6. The molecule has 0 saturated heterocycles. The van der Waals surface area contributed by atoms with Gasteiger partial charge in [0.2, 0.25) is 0 Å². The van der Waals surface area contributed by atoms with E-state index in [-0.39, 0.29) is 5.97 Å². The van der Waals surface area contributed by atoms with Gasteiger partial charge >= 0.3 is 5.97 Å². The minimum Gasteiger partial charge on any atom is -0.465 e. The van der Waals surface area contributed by atoms with Gasteiger partial charge in [-0.2, -0.15) is 0 Å². The first-order chi connectivity index (χ1) is 11.7. The molecule has 0 spiro atoms. The molecule has 24 heavy (non-hydrogen) atoms. The fourth-order valence-corrected chi connectivity index (χ4v) is 3.00. The summed E-state index contributed by atoms with van der Waals surface area (Å²) in [5, 5.41) is -0.522. The second kappa shape index (κ2) is 19.1. The van der Waals surface area contributed by atoms with E-state index in [0.717, 1.165) is 12.8 Å². The molecule has 0 fully saturated rings. The van der Waals surface area contributed by atoms with Crippen LogP contribution < -0.4 is 0 Å². The third-order valence-electron chi connectivity index (χ3n) is 4.57. The molecule has 0 heterocycles. The number of rotatable bonds is 18. The van der Waals surface area contributed by atoms with Gasteiger partial charge in [0.05, 0.1) is 6.61 Å². The minimum atomic E-state index is -0.522. The Balaban J connectivity index is 3.04. The quantitative estimate of drug-likeness (QED) is 0.144. The normalized spacial score (nSPS) is 12.3. The topological polar surface area (TPSA) is 26.3 Å². The largest absolute Gasteiger partial charge is 0.465 e. The van der Waals surface area contributed by atoms with Crippen molar-refractivity contribution in [3.05, 3.63) is 0 Å². The maximum Gasteiger partial charge on any atom is 0.323 e. The summed E-state index contributed by atoms with van der Waals surface area (Å²) in [6, 6.07) is 0. The van der Waals surface area contributed by atoms with Crippen molar-refractivity contribution in [2.24, 2.45) is 0 Å². The smallest absolute Gasteiger partial charge is 0.323 e. The average Bonchev–Trinajstić information content (AvgIpc) is 2.57. The van der Waals surface area contributed by atoms with Crippen molar-refractivity contribution < 1.29 is 9.53 Å². The van der Waals surface area contributed by atoms with Crippen LogP contribution in [0.2, 0.25) is 0 Å². The van der Waals surface area contributed by atoms with Gasteiger partial charge in [0, 0.05) is 0 Å². The van der Waals surface area contributed by atoms with Crippen molar-refractivity contribution in [1.29, 1.82) is 0 Å². The monoisotopic (exact) mass is 360 g/mol. The van der Waals surface area contributed by atoms with Crippen LogP contribution >= 0.6 is 11.6 Å². The molecule has 0 amide bonds. The highest BCUT2D eigenvalue weighted by Crippen LogP contribution is 2.13. The Morgan fingerprint density at radius 2 is 1.04 bits per heavy atom. The number of unbranched alkanes of at least 4 members (excludes halogenated alkanes) is 15. The second-order valence-corrected chi connectivity index (χ2v) is 7.74. The molecule has 0 bridgehead atoms. The summed E-state index contributed by atoms with van der Waals surface area (Å²) < 4.78 is 5.05. The van der Waals surface area contributed by atoms with E-state index in [0.29, 0.717) is 6.61 Å². The molecule has 144 valence electrons. The maximum atomic E-state index is 11.1. The maximum absolute atomic E-state index is 11.1. The predicted molar refractivity (Wildman–Crippen MR) is 106 cm³/mol. The van der Waals surface area contributed by atoms with Crippen LogP contribution in [-0.2, 0) is 9.53 Å². The zero-order valence-corrected chi connectivity index (χ0v) is 17.0. The highest BCUT2D eigenvalue weighted by atomic mass is 35.5. The molecule has 0 aliphatic heterocycles. The first kappa shape index (κ1) is 23.8. The molecule has 0 rings (SSSR count). The Hall–Kier alpha value is -0.240. The van der Waals surface area contributed by atoms with E-state index in [9.17, 15) is 4.79 Å². The first-order valence-electron chi connectivity index (χ1n) is 10.5. The third kappa shape index (κ3) is 18.1. The molecular formula is C21H41ClO2. The van der Waals surface area contributed by atoms with Gasteiger partial charge in [-0.1, -0.05) is 103 Å². The van der Waals surface area contributed by atoms with Crippen LogP contribution in [0, 0.1) is 0 Å². The zero-order valence-electron chi connectivity index (χ0n) is 16.3. The van der Waals surface area contributed by atoms with Gasteiger partial charge in [0.1, 0.15) is 5.38 Å². The first-order valence-corrected chi connectivity index (χ1v) is 10.9. The molecule has 2 nitrogen and oxygen atoms in total. The highest BCUT2D eigenvalue weighted by Gasteiger charge is 2.09. The SMILES string of the molecule is CCCCCCCCCCCCCCCCCCOC(=O)C(C)Cl. The summed E-state index contributed by atoms with van der Waals surface area (Å²) in [6.45, 7) is 4.45. The number of alkyl halides is 1. The van der Waals surface area contributed by atoms with Gasteiger partial charge < -0.3 is 4.74 Å². The Kier molecular flexibility index (Phi) is 18.9. The van der Waals surface area contributed by atoms with Crippen molar-refractivity contribution in [2.75, 3.05) is 6.61 Å². The van der Waals surface area contributed by atoms with Gasteiger partial charge in [0.15, 0.2) is 0 Å². The van der Waals surface area contributed by atoms with Crippen molar-refractivity contribution in [3.63, 3.8) is 0 Å². The van der Waals surface area contributed by atoms with E-state index in [1.807, 2.05) is 0 Å². The van der Waals surface area contributed by atoms with E-state index in [1.54, 1.807) is 6.92 Å². The van der Waals surface area contributed by atoms with E-state index < -0.39 is 5.38 Å². The van der Waals surface area contributed by atoms with Gasteiger partial charge in [0.25, 0.3) is 0 Å². The molecule has 0 aromatic heterocycles. The summed E-state index contributed by atoms with van der Waals surface area (Å²) in [4.78, 5) is 11.1. The van der Waals surface area contributed by atoms with E-state index >= 15 is 0 Å². The van der Waals surface area contributed by atoms with Gasteiger partial charge in [-0.3, -0.25) is 4.79 Å². The van der Waals surface area contributed by atoms with E-state index in [2.05, 4.69) is 6.92 Å². The van der Waals surface area contributed by atoms with Crippen molar-refractivity contribution >= 4 is 17.6 Å². The Morgan fingerprint density at radius 1 is 0.708 bits per heavy atom. The number of carbonyl (C=O) groups excluding carboxylic acids is 1.